The van der Waals surface area contributed by atoms with Gasteiger partial charge in [0.15, 0.2) is 0 Å². The quantitative estimate of drug-likeness (QED) is 0.851. The molecule has 3 heteroatoms. The first kappa shape index (κ1) is 15.4. The summed E-state index contributed by atoms with van der Waals surface area (Å²) in [5.41, 5.74) is 0.301. The monoisotopic (exact) mass is 282 g/mol. The van der Waals surface area contributed by atoms with Gasteiger partial charge < -0.3 is 5.11 Å². The van der Waals surface area contributed by atoms with Gasteiger partial charge in [-0.3, -0.25) is 0 Å². The van der Waals surface area contributed by atoms with Crippen molar-refractivity contribution in [1.82, 2.24) is 0 Å². The van der Waals surface area contributed by atoms with Crippen molar-refractivity contribution < 1.29 is 13.9 Å². The van der Waals surface area contributed by atoms with E-state index in [4.69, 9.17) is 0 Å². The van der Waals surface area contributed by atoms with Gasteiger partial charge in [-0.05, 0) is 31.2 Å². The average molecular weight is 282 g/mol. The van der Waals surface area contributed by atoms with E-state index in [-0.39, 0.29) is 5.92 Å². The van der Waals surface area contributed by atoms with E-state index < -0.39 is 17.9 Å². The van der Waals surface area contributed by atoms with Gasteiger partial charge in [-0.15, -0.1) is 0 Å². The van der Waals surface area contributed by atoms with Crippen molar-refractivity contribution in [3.8, 4) is 0 Å². The fourth-order valence-corrected chi connectivity index (χ4v) is 3.43. The lowest BCUT2D eigenvalue weighted by molar-refractivity contribution is -0.128. The van der Waals surface area contributed by atoms with Crippen molar-refractivity contribution >= 4 is 0 Å². The second-order valence-corrected chi connectivity index (χ2v) is 6.15. The van der Waals surface area contributed by atoms with Crippen molar-refractivity contribution in [2.75, 3.05) is 0 Å². The highest BCUT2D eigenvalue weighted by molar-refractivity contribution is 5.28. The molecule has 0 aromatic heterocycles. The van der Waals surface area contributed by atoms with Crippen molar-refractivity contribution in [1.29, 1.82) is 0 Å². The van der Waals surface area contributed by atoms with Crippen LogP contribution in [0.5, 0.6) is 0 Å². The van der Waals surface area contributed by atoms with E-state index in [0.717, 1.165) is 37.7 Å². The minimum atomic E-state index is -2.51. The molecular formula is C17H24F2O. The van der Waals surface area contributed by atoms with Crippen LogP contribution >= 0.6 is 0 Å². The molecule has 0 spiro atoms. The Balaban J connectivity index is 2.39. The van der Waals surface area contributed by atoms with Crippen LogP contribution in [0.15, 0.2) is 24.3 Å². The number of alkyl halides is 2. The second-order valence-electron chi connectivity index (χ2n) is 6.15. The predicted molar refractivity (Wildman–Crippen MR) is 76.8 cm³/mol. The molecule has 0 aliphatic heterocycles. The van der Waals surface area contributed by atoms with Crippen LogP contribution in [-0.4, -0.2) is 11.5 Å². The van der Waals surface area contributed by atoms with E-state index in [2.05, 4.69) is 0 Å². The molecular weight excluding hydrogens is 258 g/mol. The summed E-state index contributed by atoms with van der Waals surface area (Å²) in [5, 5.41) is 11.2. The van der Waals surface area contributed by atoms with Gasteiger partial charge in [0.1, 0.15) is 5.60 Å². The van der Waals surface area contributed by atoms with Crippen molar-refractivity contribution in [3.63, 3.8) is 0 Å². The molecule has 20 heavy (non-hydrogen) atoms. The topological polar surface area (TPSA) is 20.2 Å². The van der Waals surface area contributed by atoms with E-state index in [1.807, 2.05) is 31.2 Å². The number of halogens is 2. The fourth-order valence-electron chi connectivity index (χ4n) is 3.43. The van der Waals surface area contributed by atoms with Gasteiger partial charge in [-0.2, -0.15) is 0 Å². The first-order valence-corrected chi connectivity index (χ1v) is 7.54. The fraction of sp³-hybridized carbons (Fsp3) is 0.647. The predicted octanol–water partition coefficient (Wildman–Crippen LogP) is 4.66. The van der Waals surface area contributed by atoms with Gasteiger partial charge in [0.25, 0.3) is 0 Å². The Morgan fingerprint density at radius 2 is 1.65 bits per heavy atom. The highest BCUT2D eigenvalue weighted by Crippen LogP contribution is 2.46. The molecule has 1 aliphatic rings. The number of rotatable bonds is 4. The summed E-state index contributed by atoms with van der Waals surface area (Å²) in [7, 11) is 0. The van der Waals surface area contributed by atoms with Crippen molar-refractivity contribution in [2.45, 2.75) is 58.0 Å². The summed E-state index contributed by atoms with van der Waals surface area (Å²) in [6, 6.07) is 7.40. The summed E-state index contributed by atoms with van der Waals surface area (Å²) in [6.45, 7) is 3.43. The molecule has 1 N–H and O–H groups in total. The van der Waals surface area contributed by atoms with Crippen LogP contribution in [0.2, 0.25) is 0 Å². The van der Waals surface area contributed by atoms with Crippen LogP contribution < -0.4 is 0 Å². The summed E-state index contributed by atoms with van der Waals surface area (Å²) >= 11 is 0. The number of aliphatic hydroxyl groups is 1. The third-order valence-electron chi connectivity index (χ3n) is 4.81. The summed E-state index contributed by atoms with van der Waals surface area (Å²) in [5.74, 6) is -1.11. The van der Waals surface area contributed by atoms with Gasteiger partial charge >= 0.3 is 0 Å². The van der Waals surface area contributed by atoms with Crippen LogP contribution in [0.4, 0.5) is 8.78 Å². The average Bonchev–Trinajstić information content (AvgIpc) is 2.47. The van der Waals surface area contributed by atoms with E-state index >= 15 is 0 Å². The number of aryl methyl sites for hydroxylation is 1. The van der Waals surface area contributed by atoms with Crippen LogP contribution in [0.1, 0.15) is 50.2 Å². The van der Waals surface area contributed by atoms with E-state index in [1.165, 1.54) is 6.92 Å². The molecule has 2 atom stereocenters. The zero-order chi connectivity index (χ0) is 14.8. The molecule has 0 radical (unpaired) electrons. The Bertz CT molecular complexity index is 423. The molecule has 0 saturated heterocycles. The normalized spacial score (nSPS) is 21.7. The summed E-state index contributed by atoms with van der Waals surface area (Å²) < 4.78 is 26.6. The molecule has 0 amide bonds. The molecule has 1 nitrogen and oxygen atoms in total. The summed E-state index contributed by atoms with van der Waals surface area (Å²) in [6.07, 6.45) is 2.35. The molecule has 112 valence electrons. The largest absolute Gasteiger partial charge is 0.384 e. The molecule has 1 aliphatic carbocycles. The molecule has 1 fully saturated rings. The zero-order valence-corrected chi connectivity index (χ0v) is 12.3. The van der Waals surface area contributed by atoms with Crippen LogP contribution in [-0.2, 0) is 5.60 Å². The Labute approximate surface area is 120 Å². The maximum atomic E-state index is 13.3. The first-order valence-electron chi connectivity index (χ1n) is 7.54. The molecule has 2 rings (SSSR count). The SMILES string of the molecule is Cc1ccc(C(O)(C2CCCCC2)C(C)C(F)F)cc1. The van der Waals surface area contributed by atoms with Gasteiger partial charge in [-0.1, -0.05) is 56.0 Å². The standard InChI is InChI=1S/C17H24F2O/c1-12-8-10-15(11-9-12)17(20,13(2)16(18)19)14-6-4-3-5-7-14/h8-11,13-14,16,20H,3-7H2,1-2H3. The van der Waals surface area contributed by atoms with Gasteiger partial charge in [0, 0.05) is 0 Å². The number of benzene rings is 1. The van der Waals surface area contributed by atoms with Crippen LogP contribution in [0, 0.1) is 18.8 Å². The minimum absolute atomic E-state index is 0.0667. The lowest BCUT2D eigenvalue weighted by Crippen LogP contribution is -2.45. The van der Waals surface area contributed by atoms with Gasteiger partial charge in [-0.25, -0.2) is 8.78 Å². The molecule has 1 aromatic carbocycles. The Hall–Kier alpha value is -0.960. The highest BCUT2D eigenvalue weighted by Gasteiger charge is 2.46. The lowest BCUT2D eigenvalue weighted by atomic mass is 9.67. The molecule has 1 saturated carbocycles. The highest BCUT2D eigenvalue weighted by atomic mass is 19.3. The number of hydrogen-bond donors (Lipinski definition) is 1. The van der Waals surface area contributed by atoms with Gasteiger partial charge in [0.05, 0.1) is 5.92 Å². The van der Waals surface area contributed by atoms with E-state index in [0.29, 0.717) is 5.56 Å². The Morgan fingerprint density at radius 3 is 2.15 bits per heavy atom. The number of hydrogen-bond acceptors (Lipinski definition) is 1. The lowest BCUT2D eigenvalue weighted by Gasteiger charge is -2.43. The molecule has 2 unspecified atom stereocenters. The Kier molecular flexibility index (Phi) is 4.79. The minimum Gasteiger partial charge on any atom is -0.384 e. The molecule has 1 aromatic rings. The third-order valence-corrected chi connectivity index (χ3v) is 4.81. The van der Waals surface area contributed by atoms with Gasteiger partial charge in [0.2, 0.25) is 6.43 Å². The van der Waals surface area contributed by atoms with Crippen LogP contribution in [0.25, 0.3) is 0 Å². The van der Waals surface area contributed by atoms with Crippen molar-refractivity contribution in [3.05, 3.63) is 35.4 Å². The van der Waals surface area contributed by atoms with E-state index in [9.17, 15) is 13.9 Å². The van der Waals surface area contributed by atoms with Crippen molar-refractivity contribution in [2.24, 2.45) is 11.8 Å². The summed E-state index contributed by atoms with van der Waals surface area (Å²) in [4.78, 5) is 0. The van der Waals surface area contributed by atoms with E-state index in [1.54, 1.807) is 0 Å². The molecule has 0 heterocycles. The molecule has 0 bridgehead atoms. The second kappa shape index (κ2) is 6.21. The Morgan fingerprint density at radius 1 is 1.10 bits per heavy atom. The smallest absolute Gasteiger partial charge is 0.244 e. The maximum Gasteiger partial charge on any atom is 0.244 e. The third kappa shape index (κ3) is 2.88. The maximum absolute atomic E-state index is 13.3. The van der Waals surface area contributed by atoms with Crippen LogP contribution in [0.3, 0.4) is 0 Å². The first-order chi connectivity index (χ1) is 9.46. The zero-order valence-electron chi connectivity index (χ0n) is 12.3.